The van der Waals surface area contributed by atoms with Crippen LogP contribution in [0.15, 0.2) is 72.1 Å². The Morgan fingerprint density at radius 1 is 1.06 bits per heavy atom. The van der Waals surface area contributed by atoms with Crippen molar-refractivity contribution in [3.8, 4) is 22.1 Å². The molecule has 0 aliphatic carbocycles. The smallest absolute Gasteiger partial charge is 0.416 e. The molecular formula is C25H19F3N4O2S. The van der Waals surface area contributed by atoms with Crippen LogP contribution in [0, 0.1) is 0 Å². The summed E-state index contributed by atoms with van der Waals surface area (Å²) >= 11 is 1.36. The third-order valence-electron chi connectivity index (χ3n) is 5.69. The highest BCUT2D eigenvalue weighted by Crippen LogP contribution is 2.32. The Labute approximate surface area is 202 Å². The number of phenolic OH excluding ortho intramolecular Hbond substituents is 1. The monoisotopic (exact) mass is 496 g/mol. The molecule has 10 heteroatoms. The fourth-order valence-corrected chi connectivity index (χ4v) is 4.59. The van der Waals surface area contributed by atoms with Crippen LogP contribution < -0.4 is 0 Å². The topological polar surface area (TPSA) is 71.2 Å². The van der Waals surface area contributed by atoms with Gasteiger partial charge < -0.3 is 10.0 Å². The van der Waals surface area contributed by atoms with Crippen molar-refractivity contribution < 1.29 is 23.1 Å². The standard InChI is InChI=1S/C25H19F3N4O2S/c26-25(27,28)18-3-1-4-19(15-18)32-23(21-5-2-14-35-21)29-22(30-32)24(34)31-12-10-17(11-13-31)16-6-8-20(33)9-7-16/h1-10,14-15,33H,11-13H2. The summed E-state index contributed by atoms with van der Waals surface area (Å²) in [4.78, 5) is 19.9. The Balaban J connectivity index is 1.45. The molecule has 5 rings (SSSR count). The Bertz CT molecular complexity index is 1390. The molecule has 3 heterocycles. The molecule has 178 valence electrons. The highest BCUT2D eigenvalue weighted by atomic mass is 32.1. The molecule has 2 aromatic carbocycles. The number of thiophene rings is 1. The number of phenols is 1. The lowest BCUT2D eigenvalue weighted by atomic mass is 9.99. The molecule has 1 aliphatic heterocycles. The lowest BCUT2D eigenvalue weighted by molar-refractivity contribution is -0.137. The molecule has 35 heavy (non-hydrogen) atoms. The van der Waals surface area contributed by atoms with Crippen LogP contribution in [0.4, 0.5) is 13.2 Å². The molecule has 0 radical (unpaired) electrons. The summed E-state index contributed by atoms with van der Waals surface area (Å²) in [7, 11) is 0. The van der Waals surface area contributed by atoms with Crippen LogP contribution in [0.2, 0.25) is 0 Å². The van der Waals surface area contributed by atoms with Crippen LogP contribution in [-0.2, 0) is 6.18 Å². The van der Waals surface area contributed by atoms with Gasteiger partial charge in [0.15, 0.2) is 5.82 Å². The summed E-state index contributed by atoms with van der Waals surface area (Å²) in [5.74, 6) is 0.0211. The second kappa shape index (κ2) is 9.03. The average molecular weight is 497 g/mol. The van der Waals surface area contributed by atoms with E-state index in [2.05, 4.69) is 10.1 Å². The van der Waals surface area contributed by atoms with E-state index in [0.29, 0.717) is 30.2 Å². The van der Waals surface area contributed by atoms with Gasteiger partial charge in [-0.3, -0.25) is 4.79 Å². The van der Waals surface area contributed by atoms with Crippen LogP contribution in [0.5, 0.6) is 5.75 Å². The molecule has 2 aromatic heterocycles. The molecule has 1 N–H and O–H groups in total. The maximum absolute atomic E-state index is 13.3. The number of nitrogens with zero attached hydrogens (tertiary/aromatic N) is 4. The van der Waals surface area contributed by atoms with Crippen molar-refractivity contribution in [3.05, 3.63) is 89.1 Å². The highest BCUT2D eigenvalue weighted by Gasteiger charge is 2.31. The third kappa shape index (κ3) is 4.69. The molecule has 1 amide bonds. The zero-order valence-corrected chi connectivity index (χ0v) is 19.1. The van der Waals surface area contributed by atoms with Crippen LogP contribution >= 0.6 is 11.3 Å². The van der Waals surface area contributed by atoms with Crippen molar-refractivity contribution in [2.24, 2.45) is 0 Å². The first-order valence-electron chi connectivity index (χ1n) is 10.8. The summed E-state index contributed by atoms with van der Waals surface area (Å²) in [6, 6.07) is 15.2. The van der Waals surface area contributed by atoms with Crippen LogP contribution in [0.25, 0.3) is 22.0 Å². The molecule has 1 aliphatic rings. The van der Waals surface area contributed by atoms with Crippen LogP contribution in [0.3, 0.4) is 0 Å². The fraction of sp³-hybridized carbons (Fsp3) is 0.160. The Hall–Kier alpha value is -3.92. The second-order valence-electron chi connectivity index (χ2n) is 7.97. The van der Waals surface area contributed by atoms with E-state index >= 15 is 0 Å². The number of amides is 1. The van der Waals surface area contributed by atoms with Gasteiger partial charge in [-0.05, 0) is 59.3 Å². The molecular weight excluding hydrogens is 477 g/mol. The van der Waals surface area contributed by atoms with E-state index in [-0.39, 0.29) is 17.3 Å². The average Bonchev–Trinajstić information content (AvgIpc) is 3.54. The van der Waals surface area contributed by atoms with Crippen molar-refractivity contribution in [1.82, 2.24) is 19.7 Å². The van der Waals surface area contributed by atoms with Gasteiger partial charge in [-0.25, -0.2) is 9.67 Å². The molecule has 0 spiro atoms. The summed E-state index contributed by atoms with van der Waals surface area (Å²) in [5, 5.41) is 15.6. The molecule has 0 unspecified atom stereocenters. The van der Waals surface area contributed by atoms with E-state index < -0.39 is 17.6 Å². The number of aromatic nitrogens is 3. The van der Waals surface area contributed by atoms with Crippen molar-refractivity contribution in [3.63, 3.8) is 0 Å². The van der Waals surface area contributed by atoms with E-state index in [9.17, 15) is 23.1 Å². The Morgan fingerprint density at radius 3 is 2.51 bits per heavy atom. The van der Waals surface area contributed by atoms with Gasteiger partial charge in [0.2, 0.25) is 5.82 Å². The minimum atomic E-state index is -4.51. The quantitative estimate of drug-likeness (QED) is 0.396. The van der Waals surface area contributed by atoms with Gasteiger partial charge in [-0.1, -0.05) is 30.3 Å². The lowest BCUT2D eigenvalue weighted by Crippen LogP contribution is -2.35. The first-order chi connectivity index (χ1) is 16.8. The summed E-state index contributed by atoms with van der Waals surface area (Å²) in [6.45, 7) is 0.791. The Morgan fingerprint density at radius 2 is 1.86 bits per heavy atom. The SMILES string of the molecule is O=C(c1nc(-c2cccs2)n(-c2cccc(C(F)(F)F)c2)n1)N1CC=C(c2ccc(O)cc2)CC1. The first-order valence-corrected chi connectivity index (χ1v) is 11.6. The van der Waals surface area contributed by atoms with Gasteiger partial charge in [0.25, 0.3) is 5.91 Å². The number of carbonyl (C=O) groups is 1. The minimum absolute atomic E-state index is 0.0766. The number of halogens is 3. The molecule has 0 saturated heterocycles. The van der Waals surface area contributed by atoms with Crippen LogP contribution in [-0.4, -0.2) is 43.8 Å². The van der Waals surface area contributed by atoms with Crippen molar-refractivity contribution >= 4 is 22.8 Å². The summed E-state index contributed by atoms with van der Waals surface area (Å²) < 4.78 is 41.1. The lowest BCUT2D eigenvalue weighted by Gasteiger charge is -2.25. The number of hydrogen-bond acceptors (Lipinski definition) is 5. The van der Waals surface area contributed by atoms with Crippen molar-refractivity contribution in [2.75, 3.05) is 13.1 Å². The number of alkyl halides is 3. The number of aromatic hydroxyl groups is 1. The van der Waals surface area contributed by atoms with Crippen LogP contribution in [0.1, 0.15) is 28.2 Å². The van der Waals surface area contributed by atoms with E-state index in [1.54, 1.807) is 29.2 Å². The number of hydrogen-bond donors (Lipinski definition) is 1. The number of benzene rings is 2. The van der Waals surface area contributed by atoms with Crippen molar-refractivity contribution in [1.29, 1.82) is 0 Å². The van der Waals surface area contributed by atoms with Gasteiger partial charge in [0.05, 0.1) is 16.1 Å². The highest BCUT2D eigenvalue weighted by molar-refractivity contribution is 7.13. The van der Waals surface area contributed by atoms with E-state index in [1.807, 2.05) is 23.6 Å². The summed E-state index contributed by atoms with van der Waals surface area (Å²) in [6.07, 6.45) is -1.95. The third-order valence-corrected chi connectivity index (χ3v) is 6.56. The fourth-order valence-electron chi connectivity index (χ4n) is 3.89. The number of carbonyl (C=O) groups excluding carboxylic acids is 1. The van der Waals surface area contributed by atoms with Crippen molar-refractivity contribution in [2.45, 2.75) is 12.6 Å². The normalized spacial score (nSPS) is 14.1. The predicted octanol–water partition coefficient (Wildman–Crippen LogP) is 5.65. The molecule has 0 atom stereocenters. The first kappa shape index (κ1) is 22.9. The maximum Gasteiger partial charge on any atom is 0.416 e. The zero-order chi connectivity index (χ0) is 24.6. The van der Waals surface area contributed by atoms with Gasteiger partial charge in [-0.2, -0.15) is 13.2 Å². The van der Waals surface area contributed by atoms with E-state index in [0.717, 1.165) is 23.3 Å². The van der Waals surface area contributed by atoms with Gasteiger partial charge in [0, 0.05) is 13.1 Å². The molecule has 0 fully saturated rings. The van der Waals surface area contributed by atoms with E-state index in [1.165, 1.54) is 28.2 Å². The summed E-state index contributed by atoms with van der Waals surface area (Å²) in [5.41, 5.74) is 1.40. The molecule has 0 saturated carbocycles. The largest absolute Gasteiger partial charge is 0.508 e. The zero-order valence-electron chi connectivity index (χ0n) is 18.2. The number of rotatable bonds is 4. The minimum Gasteiger partial charge on any atom is -0.508 e. The maximum atomic E-state index is 13.3. The van der Waals surface area contributed by atoms with Gasteiger partial charge in [-0.15, -0.1) is 16.4 Å². The molecule has 0 bridgehead atoms. The molecule has 6 nitrogen and oxygen atoms in total. The van der Waals surface area contributed by atoms with E-state index in [4.69, 9.17) is 0 Å². The second-order valence-corrected chi connectivity index (χ2v) is 8.92. The predicted molar refractivity (Wildman–Crippen MR) is 126 cm³/mol. The Kier molecular flexibility index (Phi) is 5.89. The van der Waals surface area contributed by atoms with Gasteiger partial charge >= 0.3 is 6.18 Å². The van der Waals surface area contributed by atoms with Gasteiger partial charge in [0.1, 0.15) is 5.75 Å². The molecule has 4 aromatic rings.